The molecule has 0 radical (unpaired) electrons. The number of nitrogens with zero attached hydrogens (tertiary/aromatic N) is 1. The van der Waals surface area contributed by atoms with Gasteiger partial charge in [-0.3, -0.25) is 9.59 Å². The zero-order valence-electron chi connectivity index (χ0n) is 19.0. The van der Waals surface area contributed by atoms with Gasteiger partial charge in [0, 0.05) is 42.3 Å². The van der Waals surface area contributed by atoms with Crippen molar-refractivity contribution >= 4 is 52.7 Å². The Labute approximate surface area is 216 Å². The molecule has 2 aromatic carbocycles. The van der Waals surface area contributed by atoms with Crippen LogP contribution in [-0.2, 0) is 4.79 Å². The molecule has 1 fully saturated rings. The standard InChI is InChI=1S/C26H30Cl3N3O2/c27-21-6-4-5-20(18-21)26(34)31-22-11-15-32(16-12-22)14-3-1-2-13-30-25(33)10-8-19-7-9-23(28)24(29)17-19/h4-10,17-18,22H,1-3,11-16H2,(H,30,33)(H,31,34)/b10-8+. The van der Waals surface area contributed by atoms with E-state index in [0.717, 1.165) is 57.3 Å². The molecule has 5 nitrogen and oxygen atoms in total. The van der Waals surface area contributed by atoms with Crippen LogP contribution in [0.1, 0.15) is 48.0 Å². The van der Waals surface area contributed by atoms with Gasteiger partial charge in [-0.15, -0.1) is 0 Å². The van der Waals surface area contributed by atoms with Crippen molar-refractivity contribution in [1.82, 2.24) is 15.5 Å². The van der Waals surface area contributed by atoms with Crippen molar-refractivity contribution in [1.29, 1.82) is 0 Å². The Morgan fingerprint density at radius 1 is 0.971 bits per heavy atom. The highest BCUT2D eigenvalue weighted by molar-refractivity contribution is 6.42. The van der Waals surface area contributed by atoms with Gasteiger partial charge in [0.2, 0.25) is 5.91 Å². The molecule has 2 aromatic rings. The normalized spacial score (nSPS) is 14.9. The molecule has 3 rings (SSSR count). The minimum Gasteiger partial charge on any atom is -0.353 e. The zero-order valence-corrected chi connectivity index (χ0v) is 21.3. The van der Waals surface area contributed by atoms with Crippen LogP contribution in [0.4, 0.5) is 0 Å². The number of piperidine rings is 1. The number of hydrogen-bond donors (Lipinski definition) is 2. The molecule has 1 saturated heterocycles. The number of carbonyl (C=O) groups is 2. The molecule has 1 aliphatic heterocycles. The lowest BCUT2D eigenvalue weighted by atomic mass is 10.0. The van der Waals surface area contributed by atoms with Crippen LogP contribution in [0.25, 0.3) is 6.08 Å². The van der Waals surface area contributed by atoms with Crippen molar-refractivity contribution in [3.63, 3.8) is 0 Å². The van der Waals surface area contributed by atoms with Crippen molar-refractivity contribution in [3.05, 3.63) is 74.7 Å². The van der Waals surface area contributed by atoms with E-state index in [-0.39, 0.29) is 17.9 Å². The summed E-state index contributed by atoms with van der Waals surface area (Å²) in [6.45, 7) is 3.66. The Hall–Kier alpha value is -2.05. The molecule has 34 heavy (non-hydrogen) atoms. The van der Waals surface area contributed by atoms with Crippen molar-refractivity contribution in [3.8, 4) is 0 Å². The molecular weight excluding hydrogens is 493 g/mol. The topological polar surface area (TPSA) is 61.4 Å². The Balaban J connectivity index is 1.23. The smallest absolute Gasteiger partial charge is 0.251 e. The van der Waals surface area contributed by atoms with E-state index in [4.69, 9.17) is 34.8 Å². The van der Waals surface area contributed by atoms with Crippen LogP contribution in [0.2, 0.25) is 15.1 Å². The zero-order chi connectivity index (χ0) is 24.3. The van der Waals surface area contributed by atoms with E-state index in [0.29, 0.717) is 27.2 Å². The maximum atomic E-state index is 12.4. The lowest BCUT2D eigenvalue weighted by molar-refractivity contribution is -0.116. The fourth-order valence-electron chi connectivity index (χ4n) is 3.90. The van der Waals surface area contributed by atoms with Crippen LogP contribution in [0.5, 0.6) is 0 Å². The molecule has 182 valence electrons. The summed E-state index contributed by atoms with van der Waals surface area (Å²) >= 11 is 17.9. The minimum absolute atomic E-state index is 0.0604. The predicted octanol–water partition coefficient (Wildman–Crippen LogP) is 5.84. The molecule has 2 N–H and O–H groups in total. The minimum atomic E-state index is -0.118. The third-order valence-corrected chi connectivity index (χ3v) is 6.80. The average molecular weight is 523 g/mol. The van der Waals surface area contributed by atoms with Crippen LogP contribution in [0.3, 0.4) is 0 Å². The van der Waals surface area contributed by atoms with Gasteiger partial charge in [-0.2, -0.15) is 0 Å². The van der Waals surface area contributed by atoms with Crippen LogP contribution in [0.15, 0.2) is 48.5 Å². The third-order valence-electron chi connectivity index (χ3n) is 5.83. The monoisotopic (exact) mass is 521 g/mol. The molecule has 1 aliphatic rings. The summed E-state index contributed by atoms with van der Waals surface area (Å²) in [5.41, 5.74) is 1.43. The van der Waals surface area contributed by atoms with Crippen LogP contribution in [0, 0.1) is 0 Å². The molecule has 1 heterocycles. The van der Waals surface area contributed by atoms with Crippen molar-refractivity contribution in [2.75, 3.05) is 26.2 Å². The number of halogens is 3. The first-order chi connectivity index (χ1) is 16.4. The van der Waals surface area contributed by atoms with E-state index in [1.165, 1.54) is 6.08 Å². The van der Waals surface area contributed by atoms with Gasteiger partial charge in [-0.25, -0.2) is 0 Å². The van der Waals surface area contributed by atoms with Gasteiger partial charge in [0.15, 0.2) is 0 Å². The summed E-state index contributed by atoms with van der Waals surface area (Å²) in [5, 5.41) is 7.57. The average Bonchev–Trinajstić information content (AvgIpc) is 2.83. The summed E-state index contributed by atoms with van der Waals surface area (Å²) < 4.78 is 0. The lowest BCUT2D eigenvalue weighted by Crippen LogP contribution is -2.44. The highest BCUT2D eigenvalue weighted by Crippen LogP contribution is 2.23. The fraction of sp³-hybridized carbons (Fsp3) is 0.385. The lowest BCUT2D eigenvalue weighted by Gasteiger charge is -2.32. The Morgan fingerprint density at radius 2 is 1.76 bits per heavy atom. The first kappa shape index (κ1) is 26.6. The van der Waals surface area contributed by atoms with E-state index >= 15 is 0 Å². The number of rotatable bonds is 10. The van der Waals surface area contributed by atoms with Gasteiger partial charge in [0.1, 0.15) is 0 Å². The summed E-state index contributed by atoms with van der Waals surface area (Å²) in [7, 11) is 0. The SMILES string of the molecule is O=C(/C=C/c1ccc(Cl)c(Cl)c1)NCCCCCN1CCC(NC(=O)c2cccc(Cl)c2)CC1. The summed E-state index contributed by atoms with van der Waals surface area (Å²) in [4.78, 5) is 26.8. The molecule has 0 bridgehead atoms. The quantitative estimate of drug-likeness (QED) is 0.304. The number of nitrogens with one attached hydrogen (secondary N) is 2. The van der Waals surface area contributed by atoms with Crippen LogP contribution < -0.4 is 10.6 Å². The van der Waals surface area contributed by atoms with E-state index < -0.39 is 0 Å². The number of amides is 2. The first-order valence-electron chi connectivity index (χ1n) is 11.6. The van der Waals surface area contributed by atoms with Gasteiger partial charge in [0.05, 0.1) is 10.0 Å². The fourth-order valence-corrected chi connectivity index (χ4v) is 4.39. The maximum absolute atomic E-state index is 12.4. The van der Waals surface area contributed by atoms with Crippen LogP contribution in [-0.4, -0.2) is 48.9 Å². The Kier molecular flexibility index (Phi) is 10.7. The molecule has 0 aromatic heterocycles. The first-order valence-corrected chi connectivity index (χ1v) is 12.7. The second-order valence-electron chi connectivity index (χ2n) is 8.46. The van der Waals surface area contributed by atoms with Gasteiger partial charge in [-0.1, -0.05) is 53.4 Å². The summed E-state index contributed by atoms with van der Waals surface area (Å²) in [6, 6.07) is 12.5. The second kappa shape index (κ2) is 13.7. The van der Waals surface area contributed by atoms with Crippen molar-refractivity contribution in [2.24, 2.45) is 0 Å². The number of benzene rings is 2. The molecule has 0 spiro atoms. The highest BCUT2D eigenvalue weighted by Gasteiger charge is 2.20. The van der Waals surface area contributed by atoms with Crippen molar-refractivity contribution in [2.45, 2.75) is 38.1 Å². The van der Waals surface area contributed by atoms with Gasteiger partial charge in [0.25, 0.3) is 5.91 Å². The number of carbonyl (C=O) groups excluding carboxylic acids is 2. The Morgan fingerprint density at radius 3 is 2.50 bits per heavy atom. The number of likely N-dealkylation sites (tertiary alicyclic amines) is 1. The molecule has 2 amide bonds. The molecule has 0 unspecified atom stereocenters. The van der Waals surface area contributed by atoms with E-state index in [2.05, 4.69) is 15.5 Å². The van der Waals surface area contributed by atoms with E-state index in [1.807, 2.05) is 6.07 Å². The van der Waals surface area contributed by atoms with E-state index in [9.17, 15) is 9.59 Å². The summed E-state index contributed by atoms with van der Waals surface area (Å²) in [5.74, 6) is -0.178. The molecule has 0 aliphatic carbocycles. The van der Waals surface area contributed by atoms with Gasteiger partial charge >= 0.3 is 0 Å². The Bertz CT molecular complexity index is 1000. The van der Waals surface area contributed by atoms with E-state index in [1.54, 1.807) is 42.5 Å². The largest absolute Gasteiger partial charge is 0.353 e. The third kappa shape index (κ3) is 8.95. The van der Waals surface area contributed by atoms with Crippen molar-refractivity contribution < 1.29 is 9.59 Å². The number of hydrogen-bond acceptors (Lipinski definition) is 3. The van der Waals surface area contributed by atoms with Gasteiger partial charge in [-0.05, 0) is 74.2 Å². The predicted molar refractivity (Wildman–Crippen MR) is 141 cm³/mol. The molecule has 0 atom stereocenters. The highest BCUT2D eigenvalue weighted by atomic mass is 35.5. The molecule has 0 saturated carbocycles. The number of unbranched alkanes of at least 4 members (excludes halogenated alkanes) is 2. The second-order valence-corrected chi connectivity index (χ2v) is 9.71. The maximum Gasteiger partial charge on any atom is 0.251 e. The van der Waals surface area contributed by atoms with Crippen LogP contribution >= 0.6 is 34.8 Å². The molecule has 8 heteroatoms. The van der Waals surface area contributed by atoms with Gasteiger partial charge < -0.3 is 15.5 Å². The summed E-state index contributed by atoms with van der Waals surface area (Å²) in [6.07, 6.45) is 8.23. The molecular formula is C26H30Cl3N3O2.